The van der Waals surface area contributed by atoms with Crippen molar-refractivity contribution in [2.45, 2.75) is 6.92 Å². The van der Waals surface area contributed by atoms with Gasteiger partial charge < -0.3 is 4.74 Å². The molecule has 3 aromatic carbocycles. The standard InChI is InChI=1S/C22H17ClN2O2/c1-14-20(13-17-11-18(23)8-10-21(17)27-2)22(26)25(24-14)19-9-7-15-5-3-4-6-16(15)12-19/h3-13H,1-2H3. The fourth-order valence-electron chi connectivity index (χ4n) is 3.14. The Balaban J connectivity index is 1.73. The highest BCUT2D eigenvalue weighted by Gasteiger charge is 2.29. The van der Waals surface area contributed by atoms with Crippen molar-refractivity contribution in [1.29, 1.82) is 0 Å². The summed E-state index contributed by atoms with van der Waals surface area (Å²) in [6, 6.07) is 19.2. The number of hydrogen-bond donors (Lipinski definition) is 0. The Labute approximate surface area is 162 Å². The summed E-state index contributed by atoms with van der Waals surface area (Å²) in [6.45, 7) is 1.82. The van der Waals surface area contributed by atoms with Crippen molar-refractivity contribution >= 4 is 45.8 Å². The van der Waals surface area contributed by atoms with Crippen LogP contribution in [0.15, 0.2) is 71.3 Å². The molecule has 134 valence electrons. The molecule has 0 saturated heterocycles. The van der Waals surface area contributed by atoms with E-state index in [0.29, 0.717) is 22.1 Å². The predicted molar refractivity (Wildman–Crippen MR) is 111 cm³/mol. The van der Waals surface area contributed by atoms with Gasteiger partial charge in [0.25, 0.3) is 5.91 Å². The van der Waals surface area contributed by atoms with Gasteiger partial charge in [-0.25, -0.2) is 0 Å². The van der Waals surface area contributed by atoms with Gasteiger partial charge in [-0.15, -0.1) is 0 Å². The molecule has 0 saturated carbocycles. The van der Waals surface area contributed by atoms with E-state index in [1.54, 1.807) is 31.4 Å². The number of carbonyl (C=O) groups is 1. The highest BCUT2D eigenvalue weighted by Crippen LogP contribution is 2.30. The lowest BCUT2D eigenvalue weighted by Gasteiger charge is -2.13. The van der Waals surface area contributed by atoms with Crippen LogP contribution >= 0.6 is 11.6 Å². The largest absolute Gasteiger partial charge is 0.496 e. The normalized spacial score (nSPS) is 15.5. The van der Waals surface area contributed by atoms with Gasteiger partial charge in [-0.05, 0) is 54.1 Å². The summed E-state index contributed by atoms with van der Waals surface area (Å²) >= 11 is 6.10. The van der Waals surface area contributed by atoms with Gasteiger partial charge in [-0.2, -0.15) is 10.1 Å². The number of carbonyl (C=O) groups excluding carboxylic acids is 1. The van der Waals surface area contributed by atoms with Crippen molar-refractivity contribution < 1.29 is 9.53 Å². The molecule has 0 atom stereocenters. The number of benzene rings is 3. The molecule has 0 fully saturated rings. The number of rotatable bonds is 3. The minimum absolute atomic E-state index is 0.176. The first kappa shape index (κ1) is 17.3. The first-order chi connectivity index (χ1) is 13.1. The lowest BCUT2D eigenvalue weighted by molar-refractivity contribution is -0.114. The van der Waals surface area contributed by atoms with Gasteiger partial charge >= 0.3 is 0 Å². The molecule has 3 aromatic rings. The van der Waals surface area contributed by atoms with Crippen LogP contribution in [0.4, 0.5) is 5.69 Å². The molecular weight excluding hydrogens is 360 g/mol. The van der Waals surface area contributed by atoms with Gasteiger partial charge in [0.15, 0.2) is 0 Å². The van der Waals surface area contributed by atoms with Crippen molar-refractivity contribution in [1.82, 2.24) is 0 Å². The molecule has 0 spiro atoms. The molecule has 1 aliphatic rings. The van der Waals surface area contributed by atoms with E-state index in [0.717, 1.165) is 22.0 Å². The van der Waals surface area contributed by atoms with Crippen LogP contribution in [0.25, 0.3) is 16.8 Å². The maximum Gasteiger partial charge on any atom is 0.280 e. The lowest BCUT2D eigenvalue weighted by atomic mass is 10.1. The second-order valence-corrected chi connectivity index (χ2v) is 6.71. The van der Waals surface area contributed by atoms with Gasteiger partial charge in [0.1, 0.15) is 5.75 Å². The van der Waals surface area contributed by atoms with Gasteiger partial charge in [-0.1, -0.05) is 41.9 Å². The Bertz CT molecular complexity index is 1120. The lowest BCUT2D eigenvalue weighted by Crippen LogP contribution is -2.21. The molecule has 0 aliphatic carbocycles. The fourth-order valence-corrected chi connectivity index (χ4v) is 3.32. The van der Waals surface area contributed by atoms with Crippen molar-refractivity contribution in [3.63, 3.8) is 0 Å². The average molecular weight is 377 g/mol. The van der Waals surface area contributed by atoms with Crippen molar-refractivity contribution in [2.75, 3.05) is 12.1 Å². The Hall–Kier alpha value is -3.11. The molecule has 0 aromatic heterocycles. The molecule has 0 radical (unpaired) electrons. The number of hydrogen-bond acceptors (Lipinski definition) is 3. The highest BCUT2D eigenvalue weighted by atomic mass is 35.5. The third kappa shape index (κ3) is 3.20. The predicted octanol–water partition coefficient (Wildman–Crippen LogP) is 5.31. The Morgan fingerprint density at radius 2 is 1.81 bits per heavy atom. The number of nitrogens with zero attached hydrogens (tertiary/aromatic N) is 2. The van der Waals surface area contributed by atoms with Crippen molar-refractivity contribution in [3.8, 4) is 5.75 Å². The van der Waals surface area contributed by atoms with E-state index in [4.69, 9.17) is 16.3 Å². The van der Waals surface area contributed by atoms with E-state index in [-0.39, 0.29) is 5.91 Å². The van der Waals surface area contributed by atoms with E-state index < -0.39 is 0 Å². The molecule has 0 N–H and O–H groups in total. The van der Waals surface area contributed by atoms with Crippen LogP contribution in [0.1, 0.15) is 12.5 Å². The number of anilines is 1. The summed E-state index contributed by atoms with van der Waals surface area (Å²) in [5, 5.41) is 8.65. The quantitative estimate of drug-likeness (QED) is 0.581. The van der Waals surface area contributed by atoms with Crippen LogP contribution in [-0.4, -0.2) is 18.7 Å². The average Bonchev–Trinajstić information content (AvgIpc) is 2.96. The van der Waals surface area contributed by atoms with E-state index in [1.807, 2.05) is 49.4 Å². The summed E-state index contributed by atoms with van der Waals surface area (Å²) in [5.41, 5.74) is 2.64. The van der Waals surface area contributed by atoms with Crippen LogP contribution < -0.4 is 9.75 Å². The van der Waals surface area contributed by atoms with Crippen molar-refractivity contribution in [3.05, 3.63) is 76.8 Å². The molecule has 1 aliphatic heterocycles. The van der Waals surface area contributed by atoms with E-state index >= 15 is 0 Å². The zero-order valence-corrected chi connectivity index (χ0v) is 15.7. The fraction of sp³-hybridized carbons (Fsp3) is 0.0909. The van der Waals surface area contributed by atoms with Gasteiger partial charge in [-0.3, -0.25) is 4.79 Å². The molecular formula is C22H17ClN2O2. The maximum absolute atomic E-state index is 13.0. The highest BCUT2D eigenvalue weighted by molar-refractivity contribution is 6.33. The van der Waals surface area contributed by atoms with Crippen LogP contribution in [0.2, 0.25) is 5.02 Å². The molecule has 5 heteroatoms. The smallest absolute Gasteiger partial charge is 0.280 e. The third-order valence-electron chi connectivity index (χ3n) is 4.53. The van der Waals surface area contributed by atoms with Gasteiger partial charge in [0.2, 0.25) is 0 Å². The third-order valence-corrected chi connectivity index (χ3v) is 4.77. The molecule has 1 heterocycles. The molecule has 0 bridgehead atoms. The van der Waals surface area contributed by atoms with Gasteiger partial charge in [0, 0.05) is 10.6 Å². The van der Waals surface area contributed by atoms with Crippen LogP contribution in [0.3, 0.4) is 0 Å². The first-order valence-electron chi connectivity index (χ1n) is 8.51. The molecule has 1 amide bonds. The second kappa shape index (κ2) is 6.89. The summed E-state index contributed by atoms with van der Waals surface area (Å²) < 4.78 is 5.37. The van der Waals surface area contributed by atoms with Crippen LogP contribution in [0, 0.1) is 0 Å². The Morgan fingerprint density at radius 1 is 1.04 bits per heavy atom. The van der Waals surface area contributed by atoms with E-state index in [9.17, 15) is 4.79 Å². The zero-order chi connectivity index (χ0) is 19.0. The maximum atomic E-state index is 13.0. The zero-order valence-electron chi connectivity index (χ0n) is 14.9. The second-order valence-electron chi connectivity index (χ2n) is 6.28. The number of hydrazone groups is 1. The summed E-state index contributed by atoms with van der Waals surface area (Å²) in [5.74, 6) is 0.474. The Kier molecular flexibility index (Phi) is 4.42. The topological polar surface area (TPSA) is 41.9 Å². The van der Waals surface area contributed by atoms with Crippen LogP contribution in [0.5, 0.6) is 5.75 Å². The number of fused-ring (bicyclic) bond motifs is 1. The summed E-state index contributed by atoms with van der Waals surface area (Å²) in [6.07, 6.45) is 1.77. The number of methoxy groups -OCH3 is 1. The van der Waals surface area contributed by atoms with E-state index in [1.165, 1.54) is 5.01 Å². The SMILES string of the molecule is COc1ccc(Cl)cc1C=C1C(=O)N(c2ccc3ccccc3c2)N=C1C. The summed E-state index contributed by atoms with van der Waals surface area (Å²) in [7, 11) is 1.59. The first-order valence-corrected chi connectivity index (χ1v) is 8.89. The molecule has 27 heavy (non-hydrogen) atoms. The van der Waals surface area contributed by atoms with Crippen LogP contribution in [-0.2, 0) is 4.79 Å². The molecule has 0 unspecified atom stereocenters. The van der Waals surface area contributed by atoms with Gasteiger partial charge in [0.05, 0.1) is 24.1 Å². The van der Waals surface area contributed by atoms with Crippen molar-refractivity contribution in [2.24, 2.45) is 5.10 Å². The molecule has 4 nitrogen and oxygen atoms in total. The number of amides is 1. The minimum atomic E-state index is -0.176. The summed E-state index contributed by atoms with van der Waals surface area (Å²) in [4.78, 5) is 13.0. The number of ether oxygens (including phenoxy) is 1. The monoisotopic (exact) mass is 376 g/mol. The minimum Gasteiger partial charge on any atom is -0.496 e. The molecule has 4 rings (SSSR count). The van der Waals surface area contributed by atoms with E-state index in [2.05, 4.69) is 5.10 Å². The Morgan fingerprint density at radius 3 is 2.59 bits per heavy atom. The number of halogens is 1.